The van der Waals surface area contributed by atoms with Gasteiger partial charge in [0, 0.05) is 156 Å². The Hall–Kier alpha value is -11.5. The van der Waals surface area contributed by atoms with E-state index >= 15 is 0 Å². The molecule has 11 heterocycles. The largest absolute Gasteiger partial charge is 0.489 e. The number of carbonyl (C=O) groups excluding carboxylic acids is 6. The van der Waals surface area contributed by atoms with Crippen molar-refractivity contribution in [1.82, 2.24) is 24.9 Å². The average Bonchev–Trinajstić information content (AvgIpc) is 1.57. The molecule has 8 aromatic rings. The molecule has 3 N–H and O–H groups in total. The van der Waals surface area contributed by atoms with Crippen LogP contribution in [0.15, 0.2) is 133 Å². The number of anilines is 3. The van der Waals surface area contributed by atoms with Crippen molar-refractivity contribution in [2.75, 3.05) is 30.2 Å². The summed E-state index contributed by atoms with van der Waals surface area (Å²) in [6.07, 6.45) is 12.6. The van der Waals surface area contributed by atoms with Crippen molar-refractivity contribution in [3.05, 3.63) is 183 Å². The Morgan fingerprint density at radius 1 is 0.495 bits per heavy atom. The third-order valence-corrected chi connectivity index (χ3v) is 18.4. The first-order valence-electron chi connectivity index (χ1n) is 31.2. The van der Waals surface area contributed by atoms with Crippen LogP contribution in [0, 0.1) is 17.8 Å². The predicted molar refractivity (Wildman–Crippen MR) is 337 cm³/mol. The van der Waals surface area contributed by atoms with Gasteiger partial charge in [0.05, 0.1) is 20.1 Å². The number of fused-ring (bicyclic) bond motifs is 12. The summed E-state index contributed by atoms with van der Waals surface area (Å²) in [7, 11) is 3.13. The molecule has 478 valence electrons. The normalized spacial score (nSPS) is 22.1. The van der Waals surface area contributed by atoms with Crippen molar-refractivity contribution in [2.24, 2.45) is 22.9 Å². The van der Waals surface area contributed by atoms with E-state index in [9.17, 15) is 28.8 Å². The molecule has 3 aliphatic carbocycles. The number of azide groups is 1. The lowest BCUT2D eigenvalue weighted by Crippen LogP contribution is -2.20. The van der Waals surface area contributed by atoms with Gasteiger partial charge in [-0.2, -0.15) is 0 Å². The second-order valence-corrected chi connectivity index (χ2v) is 24.4. The first-order chi connectivity index (χ1) is 46.3. The molecule has 9 atom stereocenters. The molecule has 17 rings (SSSR count). The van der Waals surface area contributed by atoms with E-state index in [1.165, 1.54) is 0 Å². The van der Waals surface area contributed by atoms with Gasteiger partial charge in [-0.25, -0.2) is 24.9 Å². The van der Waals surface area contributed by atoms with Crippen molar-refractivity contribution in [3.8, 4) is 63.5 Å². The van der Waals surface area contributed by atoms with Crippen molar-refractivity contribution < 1.29 is 66.7 Å². The van der Waals surface area contributed by atoms with Crippen LogP contribution >= 0.6 is 0 Å². The van der Waals surface area contributed by atoms with Crippen LogP contribution in [0.5, 0.6) is 63.5 Å². The van der Waals surface area contributed by atoms with Gasteiger partial charge in [0.15, 0.2) is 0 Å². The minimum Gasteiger partial charge on any atom is -0.489 e. The number of nitrogens with zero attached hydrogens (tertiary/aromatic N) is 8. The highest BCUT2D eigenvalue weighted by Crippen LogP contribution is 2.62. The van der Waals surface area contributed by atoms with Gasteiger partial charge < -0.3 is 53.8 Å². The number of hydrogen-bond acceptors (Lipinski definition) is 19. The topological polar surface area (TPSA) is 326 Å². The third kappa shape index (κ3) is 12.2. The summed E-state index contributed by atoms with van der Waals surface area (Å²) in [5.41, 5.74) is 15.9. The maximum atomic E-state index is 12.7. The molecular weight excluding hydrogens is 1220 g/mol. The minimum absolute atomic E-state index is 0.0322. The zero-order chi connectivity index (χ0) is 65.0. The zero-order valence-electron chi connectivity index (χ0n) is 51.2. The minimum atomic E-state index is -0.497. The van der Waals surface area contributed by atoms with E-state index in [-0.39, 0.29) is 77.2 Å². The van der Waals surface area contributed by atoms with E-state index in [1.54, 1.807) is 75.5 Å². The highest BCUT2D eigenvalue weighted by atomic mass is 16.5. The van der Waals surface area contributed by atoms with Crippen LogP contribution in [-0.4, -0.2) is 92.6 Å². The molecule has 25 nitrogen and oxygen atoms in total. The van der Waals surface area contributed by atoms with Gasteiger partial charge in [-0.05, 0) is 126 Å². The Balaban J connectivity index is 0.000000118. The molecule has 0 bridgehead atoms. The first-order valence-corrected chi connectivity index (χ1v) is 31.2. The van der Waals surface area contributed by atoms with Crippen LogP contribution in [0.25, 0.3) is 10.4 Å². The highest BCUT2D eigenvalue weighted by Gasteiger charge is 2.63. The van der Waals surface area contributed by atoms with E-state index in [0.717, 1.165) is 56.0 Å². The second-order valence-electron chi connectivity index (χ2n) is 24.4. The van der Waals surface area contributed by atoms with Crippen LogP contribution in [-0.2, 0) is 60.9 Å². The van der Waals surface area contributed by atoms with Crippen molar-refractivity contribution in [2.45, 2.75) is 100 Å². The van der Waals surface area contributed by atoms with E-state index < -0.39 is 11.8 Å². The molecule has 0 saturated heterocycles. The van der Waals surface area contributed by atoms with Crippen LogP contribution in [0.1, 0.15) is 94.4 Å². The summed E-state index contributed by atoms with van der Waals surface area (Å²) in [4.78, 5) is 95.5. The van der Waals surface area contributed by atoms with Crippen LogP contribution in [0.4, 0.5) is 17.5 Å². The summed E-state index contributed by atoms with van der Waals surface area (Å²) < 4.78 is 46.6. The van der Waals surface area contributed by atoms with E-state index in [2.05, 4.69) is 50.9 Å². The summed E-state index contributed by atoms with van der Waals surface area (Å²) in [5, 5.41) is 11.5. The van der Waals surface area contributed by atoms with Gasteiger partial charge in [0.1, 0.15) is 99.1 Å². The number of nitrogens with one attached hydrogen (secondary N) is 3. The molecule has 9 aliphatic rings. The number of Topliss-reactive ketones (excluding diaryl/α,β-unsaturated/α-hetero) is 2. The quantitative estimate of drug-likeness (QED) is 0.0433. The number of ether oxygens (including phenoxy) is 8. The SMILES string of the molecule is COc1cc(CC(=O)C[C@@H]2[C@H]3Oc4ccc(Oc5ccnc6c5CCC(=O)N6)cc4[C@@H]23)ccn1.COc1cc(CC(=O)C[C@@H]2[C@H]3Oc4ccc(Oc5ccnc6c5CCC(=O)N6)cc4[C@@H]23)ccn1.[N-]=[N+]=NC(=O)[C@@H]1[C@H]2Oc3ccc(Oc4ccnc5c4CCC(=O)N5)cc3[C@H]21. The Labute approximate surface area is 541 Å². The standard InChI is InChI=1S/2C26H23N3O5.C18H13N5O4/c2*1-32-23-11-14(6-8-27-23)10-15(30)12-19-24-18-13-16(2-4-20(18)34-25(19)24)33-21-7-9-28-26-17(21)3-5-22(31)29-26;19-23-22-18(25)15-14-10-7-8(1-3-11(10)27-16(14)15)26-12-5-6-20-17-9(12)2-4-13(24)21-17/h2*2,4,6-9,11,13,19,24-25H,3,5,10,12H2,1H3,(H,28,29,31);1,3,5-7,14-16H,2,4H2,(H,20,21,24)/t2*19-,24-,25+;14-,15-,16-/m000/s1. The summed E-state index contributed by atoms with van der Waals surface area (Å²) in [6.45, 7) is 0. The number of methoxy groups -OCH3 is 2. The monoisotopic (exact) mass is 1280 g/mol. The Bertz CT molecular complexity index is 4360. The fraction of sp³-hybridized carbons (Fsp3) is 0.300. The molecule has 3 fully saturated rings. The van der Waals surface area contributed by atoms with Gasteiger partial charge in [-0.1, -0.05) is 0 Å². The fourth-order valence-corrected chi connectivity index (χ4v) is 13.7. The third-order valence-electron chi connectivity index (χ3n) is 18.4. The Kier molecular flexibility index (Phi) is 15.7. The van der Waals surface area contributed by atoms with Gasteiger partial charge in [-0.15, -0.1) is 0 Å². The number of rotatable bonds is 17. The van der Waals surface area contributed by atoms with Crippen LogP contribution < -0.4 is 53.8 Å². The number of carbonyl (C=O) groups is 6. The highest BCUT2D eigenvalue weighted by molar-refractivity contribution is 5.95. The molecule has 4 amide bonds. The lowest BCUT2D eigenvalue weighted by atomic mass is 10.0. The van der Waals surface area contributed by atoms with E-state index in [1.807, 2.05) is 66.7 Å². The molecule has 3 aromatic carbocycles. The summed E-state index contributed by atoms with van der Waals surface area (Å²) >= 11 is 0. The number of aromatic nitrogens is 5. The molecule has 3 saturated carbocycles. The lowest BCUT2D eigenvalue weighted by Gasteiger charge is -2.19. The molecule has 6 aliphatic heterocycles. The van der Waals surface area contributed by atoms with Gasteiger partial charge >= 0.3 is 0 Å². The molecule has 25 heteroatoms. The summed E-state index contributed by atoms with van der Waals surface area (Å²) in [5.74, 6) is 9.10. The molecule has 0 spiro atoms. The number of ketones is 2. The average molecular weight is 1280 g/mol. The molecule has 0 radical (unpaired) electrons. The molecular formula is C70H59N11O14. The summed E-state index contributed by atoms with van der Waals surface area (Å²) in [6, 6.07) is 29.7. The van der Waals surface area contributed by atoms with Gasteiger partial charge in [0.2, 0.25) is 35.4 Å². The number of hydrogen-bond donors (Lipinski definition) is 3. The molecule has 0 unspecified atom stereocenters. The van der Waals surface area contributed by atoms with Gasteiger partial charge in [0.25, 0.3) is 0 Å². The van der Waals surface area contributed by atoms with Crippen LogP contribution in [0.2, 0.25) is 0 Å². The van der Waals surface area contributed by atoms with Crippen molar-refractivity contribution in [3.63, 3.8) is 0 Å². The van der Waals surface area contributed by atoms with E-state index in [0.29, 0.717) is 134 Å². The lowest BCUT2D eigenvalue weighted by molar-refractivity contribution is -0.120. The van der Waals surface area contributed by atoms with Crippen molar-refractivity contribution in [1.29, 1.82) is 0 Å². The zero-order valence-corrected chi connectivity index (χ0v) is 51.2. The molecule has 5 aromatic heterocycles. The maximum Gasteiger partial charge on any atom is 0.226 e. The van der Waals surface area contributed by atoms with Gasteiger partial charge in [-0.3, -0.25) is 28.8 Å². The second kappa shape index (κ2) is 24.9. The van der Waals surface area contributed by atoms with E-state index in [4.69, 9.17) is 43.4 Å². The predicted octanol–water partition coefficient (Wildman–Crippen LogP) is 10.7. The molecule has 95 heavy (non-hydrogen) atoms. The smallest absolute Gasteiger partial charge is 0.226 e. The Morgan fingerprint density at radius 3 is 1.26 bits per heavy atom. The number of benzene rings is 3. The Morgan fingerprint density at radius 2 is 0.874 bits per heavy atom. The van der Waals surface area contributed by atoms with Crippen LogP contribution in [0.3, 0.4) is 0 Å². The number of amides is 4. The maximum absolute atomic E-state index is 12.7. The fourth-order valence-electron chi connectivity index (χ4n) is 13.7. The number of pyridine rings is 5. The van der Waals surface area contributed by atoms with Crippen molar-refractivity contribution >= 4 is 52.6 Å². The first kappa shape index (κ1) is 59.8.